The van der Waals surface area contributed by atoms with E-state index >= 15 is 0 Å². The number of H-pyrrole nitrogens is 1. The molecular formula is C24H29N3O. The summed E-state index contributed by atoms with van der Waals surface area (Å²) in [5.74, 6) is 1.90. The number of hydrogen-bond acceptors (Lipinski definition) is 2. The lowest BCUT2D eigenvalue weighted by atomic mass is 9.90. The first-order valence-electron chi connectivity index (χ1n) is 10.4. The minimum Gasteiger partial charge on any atom is -0.343 e. The van der Waals surface area contributed by atoms with Gasteiger partial charge in [-0.25, -0.2) is 4.98 Å². The molecule has 1 saturated heterocycles. The molecule has 28 heavy (non-hydrogen) atoms. The highest BCUT2D eigenvalue weighted by molar-refractivity contribution is 5.77. The number of carbonyl (C=O) groups excluding carboxylic acids is 1. The fraction of sp³-hybridized carbons (Fsp3) is 0.417. The summed E-state index contributed by atoms with van der Waals surface area (Å²) in [6.07, 6.45) is 5.84. The molecule has 1 aromatic heterocycles. The lowest BCUT2D eigenvalue weighted by Gasteiger charge is -2.32. The van der Waals surface area contributed by atoms with Crippen molar-refractivity contribution in [2.75, 3.05) is 13.1 Å². The second-order valence-electron chi connectivity index (χ2n) is 8.05. The molecule has 1 aliphatic rings. The van der Waals surface area contributed by atoms with Crippen molar-refractivity contribution in [2.24, 2.45) is 5.92 Å². The number of aromatic amines is 1. The number of fused-ring (bicyclic) bond motifs is 1. The van der Waals surface area contributed by atoms with Gasteiger partial charge in [0.05, 0.1) is 11.0 Å². The van der Waals surface area contributed by atoms with E-state index in [0.717, 1.165) is 55.1 Å². The first kappa shape index (κ1) is 18.7. The Bertz CT molecular complexity index is 887. The first-order valence-corrected chi connectivity index (χ1v) is 10.4. The van der Waals surface area contributed by atoms with Gasteiger partial charge in [0.15, 0.2) is 0 Å². The topological polar surface area (TPSA) is 49.0 Å². The van der Waals surface area contributed by atoms with Gasteiger partial charge in [-0.3, -0.25) is 4.79 Å². The summed E-state index contributed by atoms with van der Waals surface area (Å²) in [4.78, 5) is 22.5. The van der Waals surface area contributed by atoms with Crippen molar-refractivity contribution in [3.63, 3.8) is 0 Å². The van der Waals surface area contributed by atoms with Crippen molar-refractivity contribution in [3.8, 4) is 0 Å². The highest BCUT2D eigenvalue weighted by atomic mass is 16.2. The molecule has 4 nitrogen and oxygen atoms in total. The smallest absolute Gasteiger partial charge is 0.223 e. The van der Waals surface area contributed by atoms with E-state index in [-0.39, 0.29) is 5.91 Å². The number of hydrogen-bond donors (Lipinski definition) is 1. The fourth-order valence-corrected chi connectivity index (χ4v) is 4.10. The van der Waals surface area contributed by atoms with Crippen molar-refractivity contribution in [1.29, 1.82) is 0 Å². The number of para-hydroxylation sites is 2. The maximum absolute atomic E-state index is 12.6. The molecule has 0 saturated carbocycles. The summed E-state index contributed by atoms with van der Waals surface area (Å²) in [5.41, 5.74) is 4.76. The number of nitrogens with one attached hydrogen (secondary N) is 1. The van der Waals surface area contributed by atoms with E-state index in [1.807, 2.05) is 29.2 Å². The van der Waals surface area contributed by atoms with Crippen LogP contribution in [-0.4, -0.2) is 33.9 Å². The average Bonchev–Trinajstić information content (AvgIpc) is 3.15. The Morgan fingerprint density at radius 3 is 2.57 bits per heavy atom. The number of aromatic nitrogens is 2. The van der Waals surface area contributed by atoms with Crippen LogP contribution < -0.4 is 0 Å². The summed E-state index contributed by atoms with van der Waals surface area (Å²) >= 11 is 0. The molecule has 0 unspecified atom stereocenters. The molecular weight excluding hydrogens is 346 g/mol. The normalized spacial score (nSPS) is 15.2. The van der Waals surface area contributed by atoms with Gasteiger partial charge in [0.1, 0.15) is 5.82 Å². The molecule has 1 amide bonds. The van der Waals surface area contributed by atoms with E-state index in [9.17, 15) is 4.79 Å². The molecule has 0 aliphatic carbocycles. The van der Waals surface area contributed by atoms with Gasteiger partial charge in [-0.15, -0.1) is 0 Å². The van der Waals surface area contributed by atoms with E-state index in [0.29, 0.717) is 12.8 Å². The van der Waals surface area contributed by atoms with Gasteiger partial charge in [-0.05, 0) is 56.2 Å². The molecule has 0 bridgehead atoms. The summed E-state index contributed by atoms with van der Waals surface area (Å²) in [7, 11) is 0. The van der Waals surface area contributed by atoms with Crippen LogP contribution in [0.3, 0.4) is 0 Å². The summed E-state index contributed by atoms with van der Waals surface area (Å²) in [6.45, 7) is 3.93. The van der Waals surface area contributed by atoms with Crippen LogP contribution in [0.1, 0.15) is 42.6 Å². The summed E-state index contributed by atoms with van der Waals surface area (Å²) < 4.78 is 0. The Kier molecular flexibility index (Phi) is 5.75. The molecule has 2 heterocycles. The number of carbonyl (C=O) groups is 1. The molecule has 4 rings (SSSR count). The molecule has 1 N–H and O–H groups in total. The summed E-state index contributed by atoms with van der Waals surface area (Å²) in [6, 6.07) is 16.9. The lowest BCUT2D eigenvalue weighted by molar-refractivity contribution is -0.132. The number of rotatable bonds is 6. The molecule has 0 atom stereocenters. The minimum absolute atomic E-state index is 0.262. The second kappa shape index (κ2) is 8.59. The van der Waals surface area contributed by atoms with Gasteiger partial charge in [0, 0.05) is 25.9 Å². The quantitative estimate of drug-likeness (QED) is 0.680. The number of aryl methyl sites for hydroxylation is 3. The molecule has 1 aliphatic heterocycles. The molecule has 4 heteroatoms. The van der Waals surface area contributed by atoms with E-state index in [1.165, 1.54) is 17.5 Å². The van der Waals surface area contributed by atoms with Gasteiger partial charge in [-0.2, -0.15) is 0 Å². The fourth-order valence-electron chi connectivity index (χ4n) is 4.10. The van der Waals surface area contributed by atoms with Gasteiger partial charge >= 0.3 is 0 Å². The van der Waals surface area contributed by atoms with Gasteiger partial charge in [0.25, 0.3) is 0 Å². The van der Waals surface area contributed by atoms with E-state index in [4.69, 9.17) is 0 Å². The maximum atomic E-state index is 12.6. The standard InChI is InChI=1S/C24H29N3O/c1-18-6-8-19(9-7-18)10-11-20-14-16-27(17-15-20)24(28)13-12-23-25-21-4-2-3-5-22(21)26-23/h2-9,20H,10-17H2,1H3,(H,25,26). The third-order valence-electron chi connectivity index (χ3n) is 5.94. The molecule has 3 aromatic rings. The SMILES string of the molecule is Cc1ccc(CCC2CCN(C(=O)CCc3nc4ccccc4[nH]3)CC2)cc1. The zero-order chi connectivity index (χ0) is 19.3. The average molecular weight is 376 g/mol. The van der Waals surface area contributed by atoms with E-state index in [1.54, 1.807) is 0 Å². The molecule has 2 aromatic carbocycles. The minimum atomic E-state index is 0.262. The number of amides is 1. The van der Waals surface area contributed by atoms with Crippen LogP contribution in [0.15, 0.2) is 48.5 Å². The Balaban J connectivity index is 1.20. The van der Waals surface area contributed by atoms with E-state index in [2.05, 4.69) is 41.2 Å². The largest absolute Gasteiger partial charge is 0.343 e. The highest BCUT2D eigenvalue weighted by Crippen LogP contribution is 2.23. The second-order valence-corrected chi connectivity index (χ2v) is 8.05. The lowest BCUT2D eigenvalue weighted by Crippen LogP contribution is -2.38. The first-order chi connectivity index (χ1) is 13.7. The van der Waals surface area contributed by atoms with E-state index < -0.39 is 0 Å². The summed E-state index contributed by atoms with van der Waals surface area (Å²) in [5, 5.41) is 0. The number of piperidine rings is 1. The van der Waals surface area contributed by atoms with Crippen LogP contribution in [0, 0.1) is 12.8 Å². The van der Waals surface area contributed by atoms with Crippen LogP contribution in [0.4, 0.5) is 0 Å². The predicted molar refractivity (Wildman–Crippen MR) is 113 cm³/mol. The number of imidazole rings is 1. The molecule has 0 radical (unpaired) electrons. The van der Waals surface area contributed by atoms with Crippen LogP contribution in [-0.2, 0) is 17.6 Å². The Morgan fingerprint density at radius 1 is 1.07 bits per heavy atom. The third-order valence-corrected chi connectivity index (χ3v) is 5.94. The van der Waals surface area contributed by atoms with Crippen LogP contribution in [0.5, 0.6) is 0 Å². The monoisotopic (exact) mass is 375 g/mol. The van der Waals surface area contributed by atoms with Crippen molar-refractivity contribution in [3.05, 3.63) is 65.5 Å². The van der Waals surface area contributed by atoms with Crippen molar-refractivity contribution < 1.29 is 4.79 Å². The highest BCUT2D eigenvalue weighted by Gasteiger charge is 2.22. The molecule has 146 valence electrons. The zero-order valence-corrected chi connectivity index (χ0v) is 16.7. The number of nitrogens with zero attached hydrogens (tertiary/aromatic N) is 2. The van der Waals surface area contributed by atoms with Crippen molar-refractivity contribution >= 4 is 16.9 Å². The molecule has 0 spiro atoms. The predicted octanol–water partition coefficient (Wildman–Crippen LogP) is 4.68. The van der Waals surface area contributed by atoms with Gasteiger partial charge in [-0.1, -0.05) is 42.0 Å². The van der Waals surface area contributed by atoms with Gasteiger partial charge < -0.3 is 9.88 Å². The van der Waals surface area contributed by atoms with Crippen molar-refractivity contribution in [1.82, 2.24) is 14.9 Å². The van der Waals surface area contributed by atoms with Crippen LogP contribution >= 0.6 is 0 Å². The van der Waals surface area contributed by atoms with Crippen LogP contribution in [0.25, 0.3) is 11.0 Å². The van der Waals surface area contributed by atoms with Crippen LogP contribution in [0.2, 0.25) is 0 Å². The third kappa shape index (κ3) is 4.61. The molecule has 1 fully saturated rings. The number of likely N-dealkylation sites (tertiary alicyclic amines) is 1. The Morgan fingerprint density at radius 2 is 1.82 bits per heavy atom. The van der Waals surface area contributed by atoms with Crippen molar-refractivity contribution in [2.45, 2.75) is 45.4 Å². The Labute approximate surface area is 167 Å². The number of benzene rings is 2. The Hall–Kier alpha value is -2.62. The maximum Gasteiger partial charge on any atom is 0.223 e. The van der Waals surface area contributed by atoms with Gasteiger partial charge in [0.2, 0.25) is 5.91 Å². The zero-order valence-electron chi connectivity index (χ0n) is 16.7.